The summed E-state index contributed by atoms with van der Waals surface area (Å²) in [5.74, 6) is -1.42. The van der Waals surface area contributed by atoms with Gasteiger partial charge in [-0.05, 0) is 19.9 Å². The molecule has 0 fully saturated rings. The zero-order valence-corrected chi connectivity index (χ0v) is 12.7. The van der Waals surface area contributed by atoms with Gasteiger partial charge in [-0.15, -0.1) is 5.10 Å². The van der Waals surface area contributed by atoms with Gasteiger partial charge in [0.05, 0.1) is 6.10 Å². The Balaban J connectivity index is 2.43. The fraction of sp³-hybridized carbons (Fsp3) is 0.286. The van der Waals surface area contributed by atoms with Crippen molar-refractivity contribution in [2.75, 3.05) is 0 Å². The lowest BCUT2D eigenvalue weighted by atomic mass is 10.2. The fourth-order valence-corrected chi connectivity index (χ4v) is 1.70. The van der Waals surface area contributed by atoms with Gasteiger partial charge >= 0.3 is 12.1 Å². The largest absolute Gasteiger partial charge is 0.478 e. The van der Waals surface area contributed by atoms with Crippen LogP contribution in [0.25, 0.3) is 17.6 Å². The van der Waals surface area contributed by atoms with E-state index in [1.54, 1.807) is 13.8 Å². The first-order valence-electron chi connectivity index (χ1n) is 6.73. The number of carboxylic acids is 1. The number of hydrogen-bond acceptors (Lipinski definition) is 5. The van der Waals surface area contributed by atoms with Crippen LogP contribution in [0.15, 0.2) is 24.5 Å². The molecule has 24 heavy (non-hydrogen) atoms. The smallest absolute Gasteiger partial charge is 0.433 e. The first-order valence-corrected chi connectivity index (χ1v) is 6.73. The Morgan fingerprint density at radius 2 is 2.08 bits per heavy atom. The number of alkyl halides is 3. The average molecular weight is 342 g/mol. The third-order valence-electron chi connectivity index (χ3n) is 2.59. The number of halogens is 3. The number of pyridine rings is 1. The highest BCUT2D eigenvalue weighted by Crippen LogP contribution is 2.32. The number of aliphatic carboxylic acids is 1. The minimum Gasteiger partial charge on any atom is -0.478 e. The quantitative estimate of drug-likeness (QED) is 0.840. The van der Waals surface area contributed by atoms with Crippen LogP contribution >= 0.6 is 0 Å². The van der Waals surface area contributed by atoms with Gasteiger partial charge in [0.1, 0.15) is 12.0 Å². The molecule has 0 aliphatic heterocycles. The van der Waals surface area contributed by atoms with E-state index in [4.69, 9.17) is 9.84 Å². The normalized spacial score (nSPS) is 12.1. The zero-order chi connectivity index (χ0) is 17.9. The van der Waals surface area contributed by atoms with Gasteiger partial charge in [-0.25, -0.2) is 19.4 Å². The highest BCUT2D eigenvalue weighted by atomic mass is 19.4. The molecule has 0 aliphatic carbocycles. The zero-order valence-electron chi connectivity index (χ0n) is 12.7. The fourth-order valence-electron chi connectivity index (χ4n) is 1.70. The van der Waals surface area contributed by atoms with Crippen LogP contribution in [0.3, 0.4) is 0 Å². The van der Waals surface area contributed by atoms with Crippen LogP contribution in [0.1, 0.15) is 19.5 Å². The molecule has 2 aromatic rings. The monoisotopic (exact) mass is 342 g/mol. The van der Waals surface area contributed by atoms with Crippen LogP contribution in [0, 0.1) is 0 Å². The molecular formula is C14H13F3N4O3. The van der Waals surface area contributed by atoms with Crippen molar-refractivity contribution in [1.82, 2.24) is 19.7 Å². The van der Waals surface area contributed by atoms with E-state index in [-0.39, 0.29) is 23.4 Å². The van der Waals surface area contributed by atoms with Crippen LogP contribution < -0.4 is 4.74 Å². The Bertz CT molecular complexity index is 769. The van der Waals surface area contributed by atoms with E-state index in [0.29, 0.717) is 0 Å². The Morgan fingerprint density at radius 3 is 2.67 bits per heavy atom. The van der Waals surface area contributed by atoms with E-state index >= 15 is 0 Å². The van der Waals surface area contributed by atoms with Gasteiger partial charge in [0, 0.05) is 23.9 Å². The molecule has 0 aromatic carbocycles. The molecule has 0 radical (unpaired) electrons. The number of ether oxygens (including phenoxy) is 1. The number of nitrogens with zero attached hydrogens (tertiary/aromatic N) is 4. The van der Waals surface area contributed by atoms with E-state index in [9.17, 15) is 18.0 Å². The number of hydrogen-bond donors (Lipinski definition) is 1. The summed E-state index contributed by atoms with van der Waals surface area (Å²) in [6, 6.07) is 2.09. The predicted molar refractivity (Wildman–Crippen MR) is 77.0 cm³/mol. The second-order valence-electron chi connectivity index (χ2n) is 4.95. The lowest BCUT2D eigenvalue weighted by Crippen LogP contribution is -2.12. The van der Waals surface area contributed by atoms with E-state index in [1.807, 2.05) is 0 Å². The molecule has 1 N–H and O–H groups in total. The summed E-state index contributed by atoms with van der Waals surface area (Å²) in [6.07, 6.45) is -1.92. The highest BCUT2D eigenvalue weighted by molar-refractivity contribution is 5.82. The van der Waals surface area contributed by atoms with Crippen LogP contribution in [-0.4, -0.2) is 36.9 Å². The Hall–Kier alpha value is -2.91. The number of aromatic nitrogens is 4. The summed E-state index contributed by atoms with van der Waals surface area (Å²) >= 11 is 0. The number of carboxylic acid groups (broad SMARTS) is 1. The standard InChI is InChI=1S/C14H13F3N4O3/c1-8(2)24-11-6-9(5-10(19-11)14(15,16)17)13-18-7-21(20-13)4-3-12(22)23/h3-8H,1-2H3,(H,22,23)/b4-3-. The first kappa shape index (κ1) is 17.4. The molecule has 0 saturated heterocycles. The second-order valence-corrected chi connectivity index (χ2v) is 4.95. The molecule has 0 spiro atoms. The summed E-state index contributed by atoms with van der Waals surface area (Å²) in [7, 11) is 0. The average Bonchev–Trinajstić information content (AvgIpc) is 2.92. The molecule has 0 amide bonds. The van der Waals surface area contributed by atoms with Crippen molar-refractivity contribution >= 4 is 12.2 Å². The number of carbonyl (C=O) groups is 1. The van der Waals surface area contributed by atoms with Crippen molar-refractivity contribution < 1.29 is 27.8 Å². The molecule has 2 aromatic heterocycles. The predicted octanol–water partition coefficient (Wildman–Crippen LogP) is 2.70. The molecular weight excluding hydrogens is 329 g/mol. The van der Waals surface area contributed by atoms with Crippen LogP contribution in [0.2, 0.25) is 0 Å². The number of rotatable bonds is 5. The Kier molecular flexibility index (Phi) is 4.86. The van der Waals surface area contributed by atoms with E-state index in [0.717, 1.165) is 23.0 Å². The Labute approximate surface area is 134 Å². The third kappa shape index (κ3) is 4.54. The Morgan fingerprint density at radius 1 is 1.38 bits per heavy atom. The maximum absolute atomic E-state index is 13.0. The lowest BCUT2D eigenvalue weighted by Gasteiger charge is -2.12. The third-order valence-corrected chi connectivity index (χ3v) is 2.59. The van der Waals surface area contributed by atoms with E-state index in [1.165, 1.54) is 12.4 Å². The first-order chi connectivity index (χ1) is 11.1. The van der Waals surface area contributed by atoms with Gasteiger partial charge in [0.25, 0.3) is 0 Å². The van der Waals surface area contributed by atoms with Gasteiger partial charge < -0.3 is 9.84 Å². The minimum absolute atomic E-state index is 0.0217. The van der Waals surface area contributed by atoms with Crippen molar-refractivity contribution in [2.45, 2.75) is 26.1 Å². The molecule has 0 saturated carbocycles. The van der Waals surface area contributed by atoms with Crippen molar-refractivity contribution in [1.29, 1.82) is 0 Å². The molecule has 0 aliphatic rings. The molecule has 128 valence electrons. The van der Waals surface area contributed by atoms with Gasteiger partial charge in [0.2, 0.25) is 5.88 Å². The summed E-state index contributed by atoms with van der Waals surface area (Å²) in [6.45, 7) is 3.32. The lowest BCUT2D eigenvalue weighted by molar-refractivity contribution is -0.141. The minimum atomic E-state index is -4.66. The molecule has 0 unspecified atom stereocenters. The van der Waals surface area contributed by atoms with Gasteiger partial charge in [-0.2, -0.15) is 13.2 Å². The van der Waals surface area contributed by atoms with Crippen molar-refractivity contribution in [3.63, 3.8) is 0 Å². The summed E-state index contributed by atoms with van der Waals surface area (Å²) in [5.41, 5.74) is -1.08. The van der Waals surface area contributed by atoms with E-state index in [2.05, 4.69) is 15.1 Å². The van der Waals surface area contributed by atoms with Crippen LogP contribution in [0.4, 0.5) is 13.2 Å². The maximum Gasteiger partial charge on any atom is 0.433 e. The van der Waals surface area contributed by atoms with Gasteiger partial charge in [0.15, 0.2) is 5.82 Å². The van der Waals surface area contributed by atoms with Crippen molar-refractivity contribution in [3.05, 3.63) is 30.2 Å². The molecule has 7 nitrogen and oxygen atoms in total. The SMILES string of the molecule is CC(C)Oc1cc(-c2ncn(/C=C\C(=O)O)n2)cc(C(F)(F)F)n1. The molecule has 0 atom stereocenters. The summed E-state index contributed by atoms with van der Waals surface area (Å²) in [5, 5.41) is 12.4. The molecule has 2 heterocycles. The van der Waals surface area contributed by atoms with Crippen LogP contribution in [0.5, 0.6) is 5.88 Å². The van der Waals surface area contributed by atoms with Gasteiger partial charge in [-0.1, -0.05) is 0 Å². The molecule has 0 bridgehead atoms. The van der Waals surface area contributed by atoms with E-state index < -0.39 is 17.8 Å². The summed E-state index contributed by atoms with van der Waals surface area (Å²) in [4.78, 5) is 17.8. The molecule has 2 rings (SSSR count). The van der Waals surface area contributed by atoms with Crippen LogP contribution in [-0.2, 0) is 11.0 Å². The summed E-state index contributed by atoms with van der Waals surface area (Å²) < 4.78 is 45.2. The second kappa shape index (κ2) is 6.69. The van der Waals surface area contributed by atoms with Gasteiger partial charge in [-0.3, -0.25) is 0 Å². The molecule has 10 heteroatoms. The highest BCUT2D eigenvalue weighted by Gasteiger charge is 2.34. The van der Waals surface area contributed by atoms with Crippen molar-refractivity contribution in [3.8, 4) is 17.3 Å². The van der Waals surface area contributed by atoms with Crippen molar-refractivity contribution in [2.24, 2.45) is 0 Å². The topological polar surface area (TPSA) is 90.1 Å². The maximum atomic E-state index is 13.0.